The first-order valence-electron chi connectivity index (χ1n) is 19.9. The smallest absolute Gasteiger partial charge is 0.137 e. The topological polar surface area (TPSA) is 188 Å². The number of halogens is 1. The van der Waals surface area contributed by atoms with Gasteiger partial charge in [0.2, 0.25) is 0 Å². The molecule has 0 aliphatic carbocycles. The lowest BCUT2D eigenvalue weighted by molar-refractivity contribution is 0.276. The van der Waals surface area contributed by atoms with E-state index < -0.39 is 0 Å². The summed E-state index contributed by atoms with van der Waals surface area (Å²) in [5.74, 6) is 2.75. The molecule has 0 saturated carbocycles. The van der Waals surface area contributed by atoms with Crippen LogP contribution in [0.3, 0.4) is 0 Å². The fraction of sp³-hybridized carbons (Fsp3) is 0.364. The molecule has 8 rings (SSSR count). The minimum atomic E-state index is -0.0944. The van der Waals surface area contributed by atoms with Gasteiger partial charge in [-0.3, -0.25) is 9.97 Å². The number of aryl methyl sites for hydroxylation is 4. The van der Waals surface area contributed by atoms with Crippen LogP contribution in [-0.2, 0) is 25.9 Å². The summed E-state index contributed by atoms with van der Waals surface area (Å²) in [4.78, 5) is 39.4. The number of aliphatic hydroxyl groups excluding tert-OH is 2. The monoisotopic (exact) mass is 816 g/mol. The normalized spacial score (nSPS) is 14.1. The van der Waals surface area contributed by atoms with Crippen LogP contribution in [0.5, 0.6) is 0 Å². The molecule has 0 aromatic carbocycles. The highest BCUT2D eigenvalue weighted by Crippen LogP contribution is 2.30. The summed E-state index contributed by atoms with van der Waals surface area (Å²) in [6.07, 6.45) is 13.4. The zero-order valence-corrected chi connectivity index (χ0v) is 34.9. The van der Waals surface area contributed by atoms with Gasteiger partial charge in [0, 0.05) is 106 Å². The van der Waals surface area contributed by atoms with Gasteiger partial charge in [-0.2, -0.15) is 0 Å². The van der Waals surface area contributed by atoms with E-state index in [1.54, 1.807) is 12.5 Å². The third-order valence-electron chi connectivity index (χ3n) is 10.3. The van der Waals surface area contributed by atoms with Crippen LogP contribution in [0.25, 0.3) is 0 Å². The molecule has 2 aliphatic rings. The number of hydrogen-bond acceptors (Lipinski definition) is 14. The fourth-order valence-corrected chi connectivity index (χ4v) is 6.98. The standard InChI is InChI=1S/C22H26N6O.C13H13ClN4.C9H14N2O/c1-15-3-6-21(24-11-15)28-9-7-20-18(13-28)22(26-14-25-20)27-19(8-10-29)17-5-4-16(2)23-12-17;1-9-2-3-12(15-6-9)18-5-4-11-10(7-18)13(14)17-8-16-11;1-7-2-3-8(6-11-7)9(10)4-5-12/h3-6,11-12,14,19,29H,7-10,13H2,1-2H3,(H,25,26,27);2-3,6,8H,4-5,7H2,1H3;2-3,6,9,12H,4-5,10H2,1H3/t19-;;9-/m1.1/s1. The number of nitrogens with one attached hydrogen (secondary N) is 1. The van der Waals surface area contributed by atoms with E-state index in [1.165, 1.54) is 6.33 Å². The highest BCUT2D eigenvalue weighted by Gasteiger charge is 2.24. The second kappa shape index (κ2) is 20.8. The van der Waals surface area contributed by atoms with Gasteiger partial charge in [0.25, 0.3) is 0 Å². The van der Waals surface area contributed by atoms with Gasteiger partial charge in [-0.25, -0.2) is 29.9 Å². The first kappa shape index (κ1) is 42.9. The molecule has 2 atom stereocenters. The molecule has 308 valence electrons. The predicted octanol–water partition coefficient (Wildman–Crippen LogP) is 6.15. The highest BCUT2D eigenvalue weighted by molar-refractivity contribution is 6.30. The molecule has 5 N–H and O–H groups in total. The van der Waals surface area contributed by atoms with Crippen molar-refractivity contribution in [3.63, 3.8) is 0 Å². The summed E-state index contributed by atoms with van der Waals surface area (Å²) in [7, 11) is 0. The molecule has 0 saturated heterocycles. The maximum atomic E-state index is 9.57. The molecule has 0 spiro atoms. The number of hydrogen-bond donors (Lipinski definition) is 4. The van der Waals surface area contributed by atoms with E-state index >= 15 is 0 Å². The minimum Gasteiger partial charge on any atom is -0.396 e. The number of fused-ring (bicyclic) bond motifs is 2. The summed E-state index contributed by atoms with van der Waals surface area (Å²) in [5, 5.41) is 22.3. The largest absolute Gasteiger partial charge is 0.396 e. The molecule has 14 nitrogen and oxygen atoms in total. The summed E-state index contributed by atoms with van der Waals surface area (Å²) >= 11 is 6.12. The highest BCUT2D eigenvalue weighted by atomic mass is 35.5. The van der Waals surface area contributed by atoms with Gasteiger partial charge in [0.15, 0.2) is 0 Å². The molecule has 6 aromatic heterocycles. The van der Waals surface area contributed by atoms with Crippen molar-refractivity contribution in [1.82, 2.24) is 39.9 Å². The Morgan fingerprint density at radius 2 is 1.17 bits per heavy atom. The van der Waals surface area contributed by atoms with E-state index in [4.69, 9.17) is 22.4 Å². The van der Waals surface area contributed by atoms with Crippen molar-refractivity contribution in [2.45, 2.75) is 78.6 Å². The lowest BCUT2D eigenvalue weighted by Gasteiger charge is -2.31. The lowest BCUT2D eigenvalue weighted by atomic mass is 10.0. The first-order chi connectivity index (χ1) is 28.6. The average molecular weight is 817 g/mol. The molecule has 0 bridgehead atoms. The predicted molar refractivity (Wildman–Crippen MR) is 231 cm³/mol. The Morgan fingerprint density at radius 1 is 0.627 bits per heavy atom. The summed E-state index contributed by atoms with van der Waals surface area (Å²) < 4.78 is 0. The molecule has 6 aromatic rings. The number of anilines is 3. The first-order valence-corrected chi connectivity index (χ1v) is 20.2. The van der Waals surface area contributed by atoms with Crippen LogP contribution in [0.2, 0.25) is 5.15 Å². The summed E-state index contributed by atoms with van der Waals surface area (Å²) in [6.45, 7) is 11.4. The number of nitrogens with two attached hydrogens (primary N) is 1. The Bertz CT molecular complexity index is 2230. The number of aromatic nitrogens is 8. The van der Waals surface area contributed by atoms with Crippen molar-refractivity contribution in [2.75, 3.05) is 41.4 Å². The Labute approximate surface area is 351 Å². The van der Waals surface area contributed by atoms with Crippen LogP contribution in [0.1, 0.15) is 81.1 Å². The minimum absolute atomic E-state index is 0.0695. The number of rotatable bonds is 10. The Kier molecular flexibility index (Phi) is 15.2. The third kappa shape index (κ3) is 11.7. The van der Waals surface area contributed by atoms with Gasteiger partial charge in [0.1, 0.15) is 35.3 Å². The van der Waals surface area contributed by atoms with Gasteiger partial charge >= 0.3 is 0 Å². The second-order valence-corrected chi connectivity index (χ2v) is 15.1. The van der Waals surface area contributed by atoms with Crippen molar-refractivity contribution in [2.24, 2.45) is 5.73 Å². The van der Waals surface area contributed by atoms with Gasteiger partial charge in [-0.05, 0) is 87.1 Å². The van der Waals surface area contributed by atoms with Crippen LogP contribution in [-0.4, -0.2) is 76.4 Å². The molecule has 59 heavy (non-hydrogen) atoms. The van der Waals surface area contributed by atoms with E-state index in [0.717, 1.165) is 106 Å². The van der Waals surface area contributed by atoms with Crippen LogP contribution in [0.4, 0.5) is 17.5 Å². The SMILES string of the molecule is Cc1ccc(N2CCc3ncnc(Cl)c3C2)nc1.Cc1ccc(N2CCc3ncnc(N[C@H](CCO)c4ccc(C)nc4)c3C2)nc1.Cc1ccc([C@H](N)CCO)cn1. The van der Waals surface area contributed by atoms with Crippen LogP contribution >= 0.6 is 11.6 Å². The van der Waals surface area contributed by atoms with Crippen molar-refractivity contribution in [3.8, 4) is 0 Å². The van der Waals surface area contributed by atoms with E-state index in [0.29, 0.717) is 24.5 Å². The van der Waals surface area contributed by atoms with Crippen LogP contribution in [0, 0.1) is 27.7 Å². The molecule has 0 radical (unpaired) electrons. The molecule has 0 amide bonds. The maximum absolute atomic E-state index is 9.57. The average Bonchev–Trinajstić information content (AvgIpc) is 3.25. The fourth-order valence-electron chi connectivity index (χ4n) is 6.76. The quantitative estimate of drug-likeness (QED) is 0.115. The second-order valence-electron chi connectivity index (χ2n) is 14.8. The van der Waals surface area contributed by atoms with Crippen molar-refractivity contribution < 1.29 is 10.2 Å². The van der Waals surface area contributed by atoms with Gasteiger partial charge < -0.3 is 31.1 Å². The summed E-state index contributed by atoms with van der Waals surface area (Å²) in [5.41, 5.74) is 16.3. The number of nitrogens with zero attached hydrogens (tertiary/aromatic N) is 10. The Morgan fingerprint density at radius 3 is 1.69 bits per heavy atom. The van der Waals surface area contributed by atoms with Crippen molar-refractivity contribution >= 4 is 29.1 Å². The Hall–Kier alpha value is -5.67. The van der Waals surface area contributed by atoms with Gasteiger partial charge in [-0.1, -0.05) is 35.9 Å². The maximum Gasteiger partial charge on any atom is 0.137 e. The molecule has 0 unspecified atom stereocenters. The van der Waals surface area contributed by atoms with Gasteiger partial charge in [-0.15, -0.1) is 0 Å². The van der Waals surface area contributed by atoms with E-state index in [-0.39, 0.29) is 25.3 Å². The molecule has 8 heterocycles. The number of pyridine rings is 4. The molecule has 2 aliphatic heterocycles. The van der Waals surface area contributed by atoms with Gasteiger partial charge in [0.05, 0.1) is 17.4 Å². The number of aliphatic hydroxyl groups is 2. The zero-order valence-electron chi connectivity index (χ0n) is 34.1. The van der Waals surface area contributed by atoms with Crippen LogP contribution < -0.4 is 20.9 Å². The van der Waals surface area contributed by atoms with E-state index in [2.05, 4.69) is 73.2 Å². The molecular formula is C44H53ClN12O2. The molecule has 0 fully saturated rings. The van der Waals surface area contributed by atoms with E-state index in [9.17, 15) is 5.11 Å². The summed E-state index contributed by atoms with van der Waals surface area (Å²) in [6, 6.07) is 16.0. The van der Waals surface area contributed by atoms with Crippen molar-refractivity contribution in [1.29, 1.82) is 0 Å². The third-order valence-corrected chi connectivity index (χ3v) is 10.6. The lowest BCUT2D eigenvalue weighted by Crippen LogP contribution is -2.32. The van der Waals surface area contributed by atoms with E-state index in [1.807, 2.05) is 76.6 Å². The van der Waals surface area contributed by atoms with Crippen LogP contribution in [0.15, 0.2) is 86.0 Å². The van der Waals surface area contributed by atoms with Crippen molar-refractivity contribution in [3.05, 3.63) is 147 Å². The zero-order chi connectivity index (χ0) is 41.7. The molecular weight excluding hydrogens is 764 g/mol. The molecule has 15 heteroatoms. The Balaban J connectivity index is 0.000000165.